The molecule has 0 N–H and O–H groups in total. The number of rotatable bonds is 7. The zero-order valence-electron chi connectivity index (χ0n) is 12.2. The molecule has 0 aliphatic heterocycles. The van der Waals surface area contributed by atoms with E-state index in [0.717, 1.165) is 6.42 Å². The molecule has 0 aromatic heterocycles. The topological polar surface area (TPSA) is 18.5 Å². The van der Waals surface area contributed by atoms with Crippen LogP contribution in [0, 0.1) is 0 Å². The molecule has 2 heteroatoms. The third kappa shape index (κ3) is 4.48. The van der Waals surface area contributed by atoms with Gasteiger partial charge in [0.15, 0.2) is 0 Å². The van der Waals surface area contributed by atoms with Crippen molar-refractivity contribution in [2.45, 2.75) is 32.2 Å². The van der Waals surface area contributed by atoms with Gasteiger partial charge >= 0.3 is 0 Å². The molecular formula is C18H22O2. The zero-order valence-corrected chi connectivity index (χ0v) is 12.2. The van der Waals surface area contributed by atoms with Crippen LogP contribution in [0.5, 0.6) is 0 Å². The average molecular weight is 270 g/mol. The second-order valence-electron chi connectivity index (χ2n) is 4.97. The van der Waals surface area contributed by atoms with Gasteiger partial charge in [-0.25, -0.2) is 0 Å². The Morgan fingerprint density at radius 2 is 1.40 bits per heavy atom. The average Bonchev–Trinajstić information content (AvgIpc) is 2.52. The molecule has 0 saturated heterocycles. The first-order valence-electron chi connectivity index (χ1n) is 7.02. The maximum absolute atomic E-state index is 5.93. The molecule has 0 heterocycles. The molecule has 0 fully saturated rings. The maximum Gasteiger partial charge on any atom is 0.0870 e. The SMILES string of the molecule is COC(Cc1ccccc1)C(C)OCc1ccccc1. The van der Waals surface area contributed by atoms with Crippen LogP contribution in [0.2, 0.25) is 0 Å². The van der Waals surface area contributed by atoms with Crippen molar-refractivity contribution in [3.05, 3.63) is 71.8 Å². The normalized spacial score (nSPS) is 13.9. The van der Waals surface area contributed by atoms with E-state index in [2.05, 4.69) is 43.3 Å². The van der Waals surface area contributed by atoms with Crippen molar-refractivity contribution in [3.8, 4) is 0 Å². The van der Waals surface area contributed by atoms with Crippen LogP contribution in [0.4, 0.5) is 0 Å². The predicted octanol–water partition coefficient (Wildman–Crippen LogP) is 3.85. The highest BCUT2D eigenvalue weighted by molar-refractivity contribution is 5.16. The van der Waals surface area contributed by atoms with E-state index in [4.69, 9.17) is 9.47 Å². The minimum Gasteiger partial charge on any atom is -0.378 e. The fourth-order valence-electron chi connectivity index (χ4n) is 2.20. The Bertz CT molecular complexity index is 481. The van der Waals surface area contributed by atoms with Gasteiger partial charge in [-0.1, -0.05) is 60.7 Å². The number of ether oxygens (including phenoxy) is 2. The summed E-state index contributed by atoms with van der Waals surface area (Å²) in [5.74, 6) is 0. The summed E-state index contributed by atoms with van der Waals surface area (Å²) < 4.78 is 11.5. The Balaban J connectivity index is 1.87. The fourth-order valence-corrected chi connectivity index (χ4v) is 2.20. The molecule has 106 valence electrons. The van der Waals surface area contributed by atoms with Crippen LogP contribution >= 0.6 is 0 Å². The van der Waals surface area contributed by atoms with Crippen LogP contribution in [0.15, 0.2) is 60.7 Å². The van der Waals surface area contributed by atoms with E-state index in [9.17, 15) is 0 Å². The second kappa shape index (κ2) is 7.83. The lowest BCUT2D eigenvalue weighted by molar-refractivity contribution is -0.0535. The van der Waals surface area contributed by atoms with Gasteiger partial charge in [-0.15, -0.1) is 0 Å². The highest BCUT2D eigenvalue weighted by atomic mass is 16.5. The maximum atomic E-state index is 5.93. The molecule has 0 aliphatic carbocycles. The summed E-state index contributed by atoms with van der Waals surface area (Å²) in [5, 5.41) is 0. The first-order valence-corrected chi connectivity index (χ1v) is 7.02. The molecule has 2 nitrogen and oxygen atoms in total. The standard InChI is InChI=1S/C18H22O2/c1-15(20-14-17-11-7-4-8-12-17)18(19-2)13-16-9-5-3-6-10-16/h3-12,15,18H,13-14H2,1-2H3. The van der Waals surface area contributed by atoms with Gasteiger partial charge in [-0.2, -0.15) is 0 Å². The summed E-state index contributed by atoms with van der Waals surface area (Å²) in [7, 11) is 1.75. The van der Waals surface area contributed by atoms with Gasteiger partial charge < -0.3 is 9.47 Å². The van der Waals surface area contributed by atoms with E-state index in [0.29, 0.717) is 6.61 Å². The smallest absolute Gasteiger partial charge is 0.0870 e. The van der Waals surface area contributed by atoms with Gasteiger partial charge in [0.2, 0.25) is 0 Å². The predicted molar refractivity (Wildman–Crippen MR) is 81.6 cm³/mol. The van der Waals surface area contributed by atoms with E-state index < -0.39 is 0 Å². The molecule has 0 aliphatic rings. The Kier molecular flexibility index (Phi) is 5.78. The summed E-state index contributed by atoms with van der Waals surface area (Å²) in [6, 6.07) is 20.6. The quantitative estimate of drug-likeness (QED) is 0.761. The summed E-state index contributed by atoms with van der Waals surface area (Å²) in [6.07, 6.45) is 0.995. The first-order chi connectivity index (χ1) is 9.79. The van der Waals surface area contributed by atoms with Crippen LogP contribution in [0.1, 0.15) is 18.1 Å². The highest BCUT2D eigenvalue weighted by Crippen LogP contribution is 2.13. The van der Waals surface area contributed by atoms with E-state index in [1.54, 1.807) is 7.11 Å². The van der Waals surface area contributed by atoms with Crippen molar-refractivity contribution in [3.63, 3.8) is 0 Å². The van der Waals surface area contributed by atoms with Crippen molar-refractivity contribution in [1.29, 1.82) is 0 Å². The first kappa shape index (κ1) is 14.8. The molecule has 0 bridgehead atoms. The van der Waals surface area contributed by atoms with E-state index in [1.807, 2.05) is 24.3 Å². The molecule has 0 radical (unpaired) electrons. The Morgan fingerprint density at radius 1 is 0.850 bits per heavy atom. The highest BCUT2D eigenvalue weighted by Gasteiger charge is 2.17. The van der Waals surface area contributed by atoms with Crippen molar-refractivity contribution < 1.29 is 9.47 Å². The van der Waals surface area contributed by atoms with Crippen molar-refractivity contribution in [2.24, 2.45) is 0 Å². The Labute approximate surface area is 121 Å². The molecule has 2 aromatic rings. The van der Waals surface area contributed by atoms with Gasteiger partial charge in [0.05, 0.1) is 18.8 Å². The lowest BCUT2D eigenvalue weighted by Crippen LogP contribution is -2.30. The van der Waals surface area contributed by atoms with Gasteiger partial charge in [-0.3, -0.25) is 0 Å². The van der Waals surface area contributed by atoms with E-state index >= 15 is 0 Å². The number of benzene rings is 2. The number of methoxy groups -OCH3 is 1. The molecule has 2 atom stereocenters. The monoisotopic (exact) mass is 270 g/mol. The van der Waals surface area contributed by atoms with Crippen molar-refractivity contribution in [1.82, 2.24) is 0 Å². The summed E-state index contributed by atoms with van der Waals surface area (Å²) in [6.45, 7) is 2.69. The van der Waals surface area contributed by atoms with E-state index in [-0.39, 0.29) is 12.2 Å². The molecule has 0 saturated carbocycles. The molecule has 2 rings (SSSR count). The van der Waals surface area contributed by atoms with Crippen LogP contribution in [0.25, 0.3) is 0 Å². The number of hydrogen-bond acceptors (Lipinski definition) is 2. The third-order valence-corrected chi connectivity index (χ3v) is 3.46. The minimum absolute atomic E-state index is 0.0559. The van der Waals surface area contributed by atoms with Crippen LogP contribution < -0.4 is 0 Å². The van der Waals surface area contributed by atoms with Crippen LogP contribution in [-0.4, -0.2) is 19.3 Å². The lowest BCUT2D eigenvalue weighted by atomic mass is 10.0. The molecule has 20 heavy (non-hydrogen) atoms. The Morgan fingerprint density at radius 3 is 1.95 bits per heavy atom. The molecule has 0 spiro atoms. The Hall–Kier alpha value is -1.64. The lowest BCUT2D eigenvalue weighted by Gasteiger charge is -2.23. The van der Waals surface area contributed by atoms with Gasteiger partial charge in [0.1, 0.15) is 0 Å². The second-order valence-corrected chi connectivity index (χ2v) is 4.97. The van der Waals surface area contributed by atoms with Gasteiger partial charge in [0.25, 0.3) is 0 Å². The summed E-state index contributed by atoms with van der Waals surface area (Å²) in [5.41, 5.74) is 2.46. The minimum atomic E-state index is 0.0559. The van der Waals surface area contributed by atoms with Crippen molar-refractivity contribution >= 4 is 0 Å². The molecular weight excluding hydrogens is 248 g/mol. The van der Waals surface area contributed by atoms with Gasteiger partial charge in [-0.05, 0) is 18.1 Å². The van der Waals surface area contributed by atoms with Crippen LogP contribution in [-0.2, 0) is 22.5 Å². The number of hydrogen-bond donors (Lipinski definition) is 0. The summed E-state index contributed by atoms with van der Waals surface area (Å²) >= 11 is 0. The largest absolute Gasteiger partial charge is 0.378 e. The summed E-state index contributed by atoms with van der Waals surface area (Å²) in [4.78, 5) is 0. The fraction of sp³-hybridized carbons (Fsp3) is 0.333. The molecule has 2 unspecified atom stereocenters. The molecule has 2 aromatic carbocycles. The van der Waals surface area contributed by atoms with E-state index in [1.165, 1.54) is 11.1 Å². The third-order valence-electron chi connectivity index (χ3n) is 3.46. The van der Waals surface area contributed by atoms with Crippen molar-refractivity contribution in [2.75, 3.05) is 7.11 Å². The molecule has 0 amide bonds. The van der Waals surface area contributed by atoms with Crippen LogP contribution in [0.3, 0.4) is 0 Å². The van der Waals surface area contributed by atoms with Gasteiger partial charge in [0, 0.05) is 13.5 Å². The zero-order chi connectivity index (χ0) is 14.2.